The summed E-state index contributed by atoms with van der Waals surface area (Å²) >= 11 is 0. The molecule has 0 aliphatic heterocycles. The zero-order valence-electron chi connectivity index (χ0n) is 24.6. The van der Waals surface area contributed by atoms with E-state index in [4.69, 9.17) is 4.74 Å². The number of unbranched alkanes of at least 4 members (excludes halogenated alkanes) is 11. The first-order chi connectivity index (χ1) is 19.1. The molecule has 1 aromatic carbocycles. The molecule has 1 aromatic heterocycles. The van der Waals surface area contributed by atoms with Crippen molar-refractivity contribution in [1.82, 2.24) is 9.97 Å². The van der Waals surface area contributed by atoms with Crippen LogP contribution in [0.2, 0.25) is 0 Å². The second-order valence-corrected chi connectivity index (χ2v) is 11.6. The van der Waals surface area contributed by atoms with Crippen LogP contribution in [0.5, 0.6) is 0 Å². The number of esters is 1. The zero-order chi connectivity index (χ0) is 27.7. The number of ether oxygens (including phenoxy) is 1. The standard InChI is InChI=1S/C34H51FN2O2/c1-3-5-7-9-10-11-13-14-16-27-18-21-30(22-19-27)39-34(38)31-23-20-29(24-32(31)35)33-36-25-28(26-37-33)17-15-12-8-6-4-2/h20,23-27,30H,3-19,21-22H2,1-2H3/t27-,30-. The van der Waals surface area contributed by atoms with E-state index in [1.807, 2.05) is 12.4 Å². The highest BCUT2D eigenvalue weighted by atomic mass is 19.1. The van der Waals surface area contributed by atoms with Crippen molar-refractivity contribution >= 4 is 5.97 Å². The lowest BCUT2D eigenvalue weighted by Gasteiger charge is -2.28. The van der Waals surface area contributed by atoms with Gasteiger partial charge in [0.25, 0.3) is 0 Å². The van der Waals surface area contributed by atoms with Crippen LogP contribution in [0.1, 0.15) is 145 Å². The number of benzene rings is 1. The lowest BCUT2D eigenvalue weighted by molar-refractivity contribution is 0.0156. The van der Waals surface area contributed by atoms with E-state index in [0.717, 1.165) is 50.0 Å². The minimum absolute atomic E-state index is 0.0106. The van der Waals surface area contributed by atoms with Crippen molar-refractivity contribution < 1.29 is 13.9 Å². The predicted octanol–water partition coefficient (Wildman–Crippen LogP) is 10.0. The number of hydrogen-bond donors (Lipinski definition) is 0. The third-order valence-electron chi connectivity index (χ3n) is 8.25. The van der Waals surface area contributed by atoms with Crippen LogP contribution < -0.4 is 0 Å². The molecule has 216 valence electrons. The van der Waals surface area contributed by atoms with Crippen LogP contribution in [-0.2, 0) is 11.2 Å². The molecule has 4 nitrogen and oxygen atoms in total. The molecule has 0 amide bonds. The van der Waals surface area contributed by atoms with Crippen LogP contribution in [0.15, 0.2) is 30.6 Å². The average Bonchev–Trinajstić information content (AvgIpc) is 2.95. The predicted molar refractivity (Wildman–Crippen MR) is 158 cm³/mol. The van der Waals surface area contributed by atoms with Gasteiger partial charge in [0.15, 0.2) is 5.82 Å². The Morgan fingerprint density at radius 1 is 0.821 bits per heavy atom. The van der Waals surface area contributed by atoms with Gasteiger partial charge in [-0.3, -0.25) is 0 Å². The number of aromatic nitrogens is 2. The topological polar surface area (TPSA) is 52.1 Å². The molecule has 0 saturated heterocycles. The van der Waals surface area contributed by atoms with E-state index < -0.39 is 11.8 Å². The molecule has 3 rings (SSSR count). The fourth-order valence-corrected chi connectivity index (χ4v) is 5.71. The highest BCUT2D eigenvalue weighted by molar-refractivity contribution is 5.90. The Balaban J connectivity index is 1.37. The summed E-state index contributed by atoms with van der Waals surface area (Å²) in [7, 11) is 0. The minimum Gasteiger partial charge on any atom is -0.459 e. The molecule has 5 heteroatoms. The molecule has 1 heterocycles. The summed E-state index contributed by atoms with van der Waals surface area (Å²) in [4.78, 5) is 21.6. The van der Waals surface area contributed by atoms with Crippen LogP contribution in [0.4, 0.5) is 4.39 Å². The molecule has 0 bridgehead atoms. The Morgan fingerprint density at radius 3 is 2.03 bits per heavy atom. The molecular weight excluding hydrogens is 487 g/mol. The molecule has 1 aliphatic carbocycles. The first-order valence-corrected chi connectivity index (χ1v) is 15.9. The van der Waals surface area contributed by atoms with Gasteiger partial charge in [0.1, 0.15) is 11.9 Å². The summed E-state index contributed by atoms with van der Waals surface area (Å²) in [5.41, 5.74) is 1.66. The van der Waals surface area contributed by atoms with Gasteiger partial charge in [0, 0.05) is 18.0 Å². The quantitative estimate of drug-likeness (QED) is 0.140. The summed E-state index contributed by atoms with van der Waals surface area (Å²) < 4.78 is 20.6. The van der Waals surface area contributed by atoms with Gasteiger partial charge in [-0.1, -0.05) is 103 Å². The van der Waals surface area contributed by atoms with E-state index in [-0.39, 0.29) is 11.7 Å². The van der Waals surface area contributed by atoms with Crippen molar-refractivity contribution in [3.05, 3.63) is 47.5 Å². The van der Waals surface area contributed by atoms with E-state index in [9.17, 15) is 9.18 Å². The maximum absolute atomic E-state index is 14.9. The molecule has 1 saturated carbocycles. The summed E-state index contributed by atoms with van der Waals surface area (Å²) in [6.07, 6.45) is 26.7. The molecule has 1 fully saturated rings. The molecule has 0 N–H and O–H groups in total. The van der Waals surface area contributed by atoms with Crippen LogP contribution >= 0.6 is 0 Å². The molecule has 2 aromatic rings. The third-order valence-corrected chi connectivity index (χ3v) is 8.25. The number of rotatable bonds is 18. The molecule has 0 atom stereocenters. The van der Waals surface area contributed by atoms with Crippen molar-refractivity contribution in [2.24, 2.45) is 5.92 Å². The Kier molecular flexibility index (Phi) is 14.5. The largest absolute Gasteiger partial charge is 0.459 e. The van der Waals surface area contributed by atoms with E-state index in [0.29, 0.717) is 11.4 Å². The monoisotopic (exact) mass is 538 g/mol. The number of aryl methyl sites for hydroxylation is 1. The first kappa shape index (κ1) is 31.2. The lowest BCUT2D eigenvalue weighted by atomic mass is 9.84. The second kappa shape index (κ2) is 18.1. The molecule has 0 unspecified atom stereocenters. The van der Waals surface area contributed by atoms with Crippen LogP contribution in [-0.4, -0.2) is 22.0 Å². The van der Waals surface area contributed by atoms with Crippen molar-refractivity contribution in [2.45, 2.75) is 142 Å². The fraction of sp³-hybridized carbons (Fsp3) is 0.676. The van der Waals surface area contributed by atoms with Crippen molar-refractivity contribution in [3.8, 4) is 11.4 Å². The summed E-state index contributed by atoms with van der Waals surface area (Å²) in [5.74, 6) is 0.0660. The van der Waals surface area contributed by atoms with Gasteiger partial charge in [0.2, 0.25) is 0 Å². The number of nitrogens with zero attached hydrogens (tertiary/aromatic N) is 2. The van der Waals surface area contributed by atoms with Crippen molar-refractivity contribution in [2.75, 3.05) is 0 Å². The Hall–Kier alpha value is -2.30. The third kappa shape index (κ3) is 11.4. The van der Waals surface area contributed by atoms with Gasteiger partial charge < -0.3 is 4.74 Å². The Morgan fingerprint density at radius 2 is 1.41 bits per heavy atom. The molecule has 0 spiro atoms. The maximum Gasteiger partial charge on any atom is 0.341 e. The number of carbonyl (C=O) groups is 1. The summed E-state index contributed by atoms with van der Waals surface area (Å²) in [5, 5.41) is 0. The maximum atomic E-state index is 14.9. The van der Waals surface area contributed by atoms with Crippen LogP contribution in [0.25, 0.3) is 11.4 Å². The van der Waals surface area contributed by atoms with E-state index in [2.05, 4.69) is 23.8 Å². The lowest BCUT2D eigenvalue weighted by Crippen LogP contribution is -2.25. The normalized spacial score (nSPS) is 17.3. The highest BCUT2D eigenvalue weighted by Gasteiger charge is 2.25. The van der Waals surface area contributed by atoms with Gasteiger partial charge in [0.05, 0.1) is 5.56 Å². The number of halogens is 1. The smallest absolute Gasteiger partial charge is 0.341 e. The number of hydrogen-bond acceptors (Lipinski definition) is 4. The van der Waals surface area contributed by atoms with Crippen LogP contribution in [0, 0.1) is 11.7 Å². The van der Waals surface area contributed by atoms with Crippen molar-refractivity contribution in [3.63, 3.8) is 0 Å². The van der Waals surface area contributed by atoms with Crippen molar-refractivity contribution in [1.29, 1.82) is 0 Å². The van der Waals surface area contributed by atoms with Gasteiger partial charge in [-0.25, -0.2) is 19.2 Å². The second-order valence-electron chi connectivity index (χ2n) is 11.6. The van der Waals surface area contributed by atoms with Gasteiger partial charge in [-0.05, 0) is 62.1 Å². The molecule has 1 aliphatic rings. The summed E-state index contributed by atoms with van der Waals surface area (Å²) in [6.45, 7) is 4.48. The van der Waals surface area contributed by atoms with Gasteiger partial charge in [-0.2, -0.15) is 0 Å². The average molecular weight is 539 g/mol. The van der Waals surface area contributed by atoms with E-state index >= 15 is 0 Å². The Bertz CT molecular complexity index is 954. The fourth-order valence-electron chi connectivity index (χ4n) is 5.71. The molecule has 39 heavy (non-hydrogen) atoms. The molecule has 0 radical (unpaired) electrons. The Labute approximate surface area is 236 Å². The highest BCUT2D eigenvalue weighted by Crippen LogP contribution is 2.31. The zero-order valence-corrected chi connectivity index (χ0v) is 24.6. The SMILES string of the molecule is CCCCCCCCCC[C@H]1CC[C@H](OC(=O)c2ccc(-c3ncc(CCCCCCC)cn3)cc2F)CC1. The number of carbonyl (C=O) groups excluding carboxylic acids is 1. The van der Waals surface area contributed by atoms with Crippen LogP contribution in [0.3, 0.4) is 0 Å². The minimum atomic E-state index is -0.579. The first-order valence-electron chi connectivity index (χ1n) is 15.9. The van der Waals surface area contributed by atoms with Gasteiger partial charge >= 0.3 is 5.97 Å². The van der Waals surface area contributed by atoms with E-state index in [1.165, 1.54) is 95.6 Å². The summed E-state index contributed by atoms with van der Waals surface area (Å²) in [6, 6.07) is 4.56. The molecular formula is C34H51FN2O2. The van der Waals surface area contributed by atoms with E-state index in [1.54, 1.807) is 6.07 Å². The van der Waals surface area contributed by atoms with Gasteiger partial charge in [-0.15, -0.1) is 0 Å².